The summed E-state index contributed by atoms with van der Waals surface area (Å²) in [7, 11) is 0. The van der Waals surface area contributed by atoms with E-state index in [9.17, 15) is 0 Å². The fourth-order valence-electron chi connectivity index (χ4n) is 3.61. The average Bonchev–Trinajstić information content (AvgIpc) is 2.31. The molecule has 1 rings (SSSR count). The van der Waals surface area contributed by atoms with Gasteiger partial charge >= 0.3 is 0 Å². The summed E-state index contributed by atoms with van der Waals surface area (Å²) in [5.74, 6) is 2.91. The van der Waals surface area contributed by atoms with Gasteiger partial charge < -0.3 is 0 Å². The van der Waals surface area contributed by atoms with Gasteiger partial charge in [-0.05, 0) is 29.6 Å². The van der Waals surface area contributed by atoms with Crippen LogP contribution >= 0.6 is 0 Å². The van der Waals surface area contributed by atoms with Gasteiger partial charge in [-0.2, -0.15) is 0 Å². The minimum Gasteiger partial charge on any atom is -0.0654 e. The van der Waals surface area contributed by atoms with Gasteiger partial charge in [-0.3, -0.25) is 0 Å². The van der Waals surface area contributed by atoms with Crippen LogP contribution in [0.1, 0.15) is 79.6 Å². The highest BCUT2D eigenvalue weighted by Gasteiger charge is 2.49. The average molecular weight is 224 g/mol. The lowest BCUT2D eigenvalue weighted by molar-refractivity contribution is -0.0653. The van der Waals surface area contributed by atoms with Crippen LogP contribution in [-0.2, 0) is 0 Å². The second-order valence-electron chi connectivity index (χ2n) is 6.42. The van der Waals surface area contributed by atoms with E-state index in [0.29, 0.717) is 5.41 Å². The highest BCUT2D eigenvalue weighted by molar-refractivity contribution is 4.98. The van der Waals surface area contributed by atoms with Gasteiger partial charge in [0.15, 0.2) is 0 Å². The van der Waals surface area contributed by atoms with Gasteiger partial charge in [0.25, 0.3) is 0 Å². The van der Waals surface area contributed by atoms with Crippen molar-refractivity contribution in [2.45, 2.75) is 79.6 Å². The van der Waals surface area contributed by atoms with Crippen LogP contribution in [0.5, 0.6) is 0 Å². The van der Waals surface area contributed by atoms with Crippen molar-refractivity contribution in [1.82, 2.24) is 0 Å². The number of rotatable bonds is 7. The fraction of sp³-hybridized carbons (Fsp3) is 1.00. The highest BCUT2D eigenvalue weighted by Crippen LogP contribution is 2.57. The number of hydrogen-bond acceptors (Lipinski definition) is 0. The lowest BCUT2D eigenvalue weighted by Gasteiger charge is -2.56. The molecule has 0 aliphatic heterocycles. The molecule has 0 aromatic rings. The Balaban J connectivity index is 2.25. The molecule has 1 aliphatic rings. The van der Waals surface area contributed by atoms with Gasteiger partial charge in [0.05, 0.1) is 0 Å². The molecule has 0 heterocycles. The zero-order chi connectivity index (χ0) is 12.2. The molecule has 4 atom stereocenters. The number of unbranched alkanes of at least 4 members (excludes halogenated alkanes) is 3. The van der Waals surface area contributed by atoms with Crippen LogP contribution in [0.15, 0.2) is 0 Å². The molecule has 0 heteroatoms. The van der Waals surface area contributed by atoms with Gasteiger partial charge in [-0.25, -0.2) is 0 Å². The fourth-order valence-corrected chi connectivity index (χ4v) is 3.61. The largest absolute Gasteiger partial charge is 0.0654 e. The van der Waals surface area contributed by atoms with E-state index in [0.717, 1.165) is 17.8 Å². The first kappa shape index (κ1) is 14.1. The van der Waals surface area contributed by atoms with Crippen molar-refractivity contribution < 1.29 is 0 Å². The molecule has 16 heavy (non-hydrogen) atoms. The summed E-state index contributed by atoms with van der Waals surface area (Å²) in [5, 5.41) is 0. The normalized spacial score (nSPS) is 35.8. The molecule has 0 amide bonds. The second kappa shape index (κ2) is 6.07. The molecule has 4 unspecified atom stereocenters. The molecule has 0 N–H and O–H groups in total. The van der Waals surface area contributed by atoms with E-state index in [1.54, 1.807) is 0 Å². The van der Waals surface area contributed by atoms with Crippen molar-refractivity contribution in [3.63, 3.8) is 0 Å². The molecular weight excluding hydrogens is 192 g/mol. The van der Waals surface area contributed by atoms with E-state index < -0.39 is 0 Å². The molecule has 0 saturated heterocycles. The first-order valence-electron chi connectivity index (χ1n) is 7.56. The minimum atomic E-state index is 0.657. The first-order chi connectivity index (χ1) is 7.56. The van der Waals surface area contributed by atoms with Crippen LogP contribution in [0.25, 0.3) is 0 Å². The van der Waals surface area contributed by atoms with Crippen LogP contribution in [-0.4, -0.2) is 0 Å². The quantitative estimate of drug-likeness (QED) is 0.489. The van der Waals surface area contributed by atoms with Gasteiger partial charge in [-0.15, -0.1) is 0 Å². The molecule has 1 aliphatic carbocycles. The zero-order valence-corrected chi connectivity index (χ0v) is 12.2. The molecule has 0 nitrogen and oxygen atoms in total. The van der Waals surface area contributed by atoms with E-state index >= 15 is 0 Å². The third kappa shape index (κ3) is 2.81. The second-order valence-corrected chi connectivity index (χ2v) is 6.42. The minimum absolute atomic E-state index is 0.657. The predicted molar refractivity (Wildman–Crippen MR) is 73.6 cm³/mol. The molecule has 96 valence electrons. The van der Waals surface area contributed by atoms with Gasteiger partial charge in [0, 0.05) is 0 Å². The van der Waals surface area contributed by atoms with Gasteiger partial charge in [0.1, 0.15) is 0 Å². The Hall–Kier alpha value is 0. The van der Waals surface area contributed by atoms with Crippen molar-refractivity contribution >= 4 is 0 Å². The van der Waals surface area contributed by atoms with E-state index in [1.165, 1.54) is 44.9 Å². The maximum Gasteiger partial charge on any atom is -0.0269 e. The summed E-state index contributed by atoms with van der Waals surface area (Å²) in [6.07, 6.45) is 10.1. The standard InChI is InChI=1S/C16H32/c1-6-8-9-10-11-15-12-16(5,14(15)4)13(3)7-2/h13-15H,6-12H2,1-5H3. The van der Waals surface area contributed by atoms with E-state index in [2.05, 4.69) is 34.6 Å². The smallest absolute Gasteiger partial charge is 0.0269 e. The third-order valence-electron chi connectivity index (χ3n) is 5.62. The van der Waals surface area contributed by atoms with E-state index in [1.807, 2.05) is 0 Å². The predicted octanol–water partition coefficient (Wildman–Crippen LogP) is 5.67. The summed E-state index contributed by atoms with van der Waals surface area (Å²) in [4.78, 5) is 0. The third-order valence-corrected chi connectivity index (χ3v) is 5.62. The van der Waals surface area contributed by atoms with Crippen LogP contribution in [0.2, 0.25) is 0 Å². The summed E-state index contributed by atoms with van der Waals surface area (Å²) >= 11 is 0. The molecule has 1 fully saturated rings. The van der Waals surface area contributed by atoms with Crippen molar-refractivity contribution in [3.8, 4) is 0 Å². The zero-order valence-electron chi connectivity index (χ0n) is 12.2. The number of hydrogen-bond donors (Lipinski definition) is 0. The topological polar surface area (TPSA) is 0 Å². The molecule has 0 bridgehead atoms. The summed E-state index contributed by atoms with van der Waals surface area (Å²) in [5.41, 5.74) is 0.657. The molecule has 0 aromatic carbocycles. The Kier molecular flexibility index (Phi) is 5.34. The van der Waals surface area contributed by atoms with Crippen molar-refractivity contribution in [1.29, 1.82) is 0 Å². The Morgan fingerprint density at radius 3 is 2.38 bits per heavy atom. The van der Waals surface area contributed by atoms with E-state index in [4.69, 9.17) is 0 Å². The lowest BCUT2D eigenvalue weighted by Crippen LogP contribution is -2.48. The SMILES string of the molecule is CCCCCCC1CC(C)(C(C)CC)C1C. The Bertz CT molecular complexity index is 196. The molecule has 0 spiro atoms. The molecule has 0 radical (unpaired) electrons. The monoisotopic (exact) mass is 224 g/mol. The first-order valence-corrected chi connectivity index (χ1v) is 7.56. The lowest BCUT2D eigenvalue weighted by atomic mass is 9.49. The van der Waals surface area contributed by atoms with Crippen LogP contribution < -0.4 is 0 Å². The summed E-state index contributed by atoms with van der Waals surface area (Å²) in [6.45, 7) is 12.1. The van der Waals surface area contributed by atoms with Crippen LogP contribution in [0, 0.1) is 23.2 Å². The molecule has 1 saturated carbocycles. The van der Waals surface area contributed by atoms with Gasteiger partial charge in [0.2, 0.25) is 0 Å². The van der Waals surface area contributed by atoms with Crippen molar-refractivity contribution in [2.24, 2.45) is 23.2 Å². The van der Waals surface area contributed by atoms with Gasteiger partial charge in [-0.1, -0.05) is 73.1 Å². The molecule has 0 aromatic heterocycles. The van der Waals surface area contributed by atoms with Crippen molar-refractivity contribution in [3.05, 3.63) is 0 Å². The van der Waals surface area contributed by atoms with E-state index in [-0.39, 0.29) is 0 Å². The summed E-state index contributed by atoms with van der Waals surface area (Å²) < 4.78 is 0. The van der Waals surface area contributed by atoms with Crippen LogP contribution in [0.4, 0.5) is 0 Å². The molecular formula is C16H32. The van der Waals surface area contributed by atoms with Crippen molar-refractivity contribution in [2.75, 3.05) is 0 Å². The maximum atomic E-state index is 2.52. The Morgan fingerprint density at radius 1 is 1.19 bits per heavy atom. The Morgan fingerprint density at radius 2 is 1.88 bits per heavy atom. The highest BCUT2D eigenvalue weighted by atomic mass is 14.5. The maximum absolute atomic E-state index is 2.52. The Labute approximate surface area is 103 Å². The summed E-state index contributed by atoms with van der Waals surface area (Å²) in [6, 6.07) is 0. The van der Waals surface area contributed by atoms with Crippen LogP contribution in [0.3, 0.4) is 0 Å².